The van der Waals surface area contributed by atoms with Crippen LogP contribution in [0.1, 0.15) is 63.1 Å². The van der Waals surface area contributed by atoms with Gasteiger partial charge in [0.1, 0.15) is 11.5 Å². The number of para-hydroxylation sites is 1. The van der Waals surface area contributed by atoms with Crippen molar-refractivity contribution in [2.45, 2.75) is 72.5 Å². The number of hydrazine groups is 1. The topological polar surface area (TPSA) is 76.7 Å². The summed E-state index contributed by atoms with van der Waals surface area (Å²) in [5.41, 5.74) is 8.19. The van der Waals surface area contributed by atoms with Gasteiger partial charge in [-0.25, -0.2) is 0 Å². The van der Waals surface area contributed by atoms with E-state index in [2.05, 4.69) is 24.7 Å². The van der Waals surface area contributed by atoms with Gasteiger partial charge in [0.2, 0.25) is 0 Å². The zero-order valence-corrected chi connectivity index (χ0v) is 19.3. The van der Waals surface area contributed by atoms with Crippen molar-refractivity contribution >= 4 is 11.8 Å². The van der Waals surface area contributed by atoms with Crippen LogP contribution in [0.25, 0.3) is 0 Å². The smallest absolute Gasteiger partial charge is 0.279 e. The van der Waals surface area contributed by atoms with Crippen LogP contribution >= 0.6 is 0 Å². The van der Waals surface area contributed by atoms with Gasteiger partial charge in [-0.1, -0.05) is 45.0 Å². The van der Waals surface area contributed by atoms with Crippen molar-refractivity contribution in [1.82, 2.24) is 10.9 Å². The Kier molecular flexibility index (Phi) is 8.91. The molecule has 6 nitrogen and oxygen atoms in total. The summed E-state index contributed by atoms with van der Waals surface area (Å²) in [6, 6.07) is 13.4. The van der Waals surface area contributed by atoms with Gasteiger partial charge in [-0.05, 0) is 74.4 Å². The lowest BCUT2D eigenvalue weighted by Gasteiger charge is -2.22. The third-order valence-corrected chi connectivity index (χ3v) is 5.46. The highest BCUT2D eigenvalue weighted by atomic mass is 16.5. The van der Waals surface area contributed by atoms with E-state index in [4.69, 9.17) is 9.47 Å². The molecule has 2 amide bonds. The maximum Gasteiger partial charge on any atom is 0.279 e. The largest absolute Gasteiger partial charge is 0.481 e. The van der Waals surface area contributed by atoms with Crippen molar-refractivity contribution in [2.75, 3.05) is 0 Å². The molecule has 0 bridgehead atoms. The molecule has 0 spiro atoms. The fourth-order valence-corrected chi connectivity index (χ4v) is 3.04. The summed E-state index contributed by atoms with van der Waals surface area (Å²) >= 11 is 0. The van der Waals surface area contributed by atoms with Crippen molar-refractivity contribution in [1.29, 1.82) is 0 Å². The van der Waals surface area contributed by atoms with E-state index in [9.17, 15) is 9.59 Å². The number of ether oxygens (including phenoxy) is 2. The van der Waals surface area contributed by atoms with Crippen LogP contribution in [0.2, 0.25) is 0 Å². The molecule has 0 aliphatic rings. The number of nitrogens with one attached hydrogen (secondary N) is 2. The number of rotatable bonds is 9. The highest BCUT2D eigenvalue weighted by Gasteiger charge is 2.22. The molecule has 0 fully saturated rings. The van der Waals surface area contributed by atoms with E-state index in [1.165, 1.54) is 0 Å². The van der Waals surface area contributed by atoms with Crippen LogP contribution in [0, 0.1) is 13.8 Å². The molecule has 2 aromatic carbocycles. The molecule has 3 unspecified atom stereocenters. The third-order valence-electron chi connectivity index (χ3n) is 5.46. The molecule has 0 aliphatic carbocycles. The van der Waals surface area contributed by atoms with E-state index < -0.39 is 24.0 Å². The molecular weight excluding hydrogens is 392 g/mol. The first-order valence-electron chi connectivity index (χ1n) is 10.9. The number of hydrogen-bond acceptors (Lipinski definition) is 4. The van der Waals surface area contributed by atoms with E-state index in [1.54, 1.807) is 6.92 Å². The number of hydrogen-bond donors (Lipinski definition) is 2. The molecule has 2 rings (SSSR count). The monoisotopic (exact) mass is 426 g/mol. The minimum Gasteiger partial charge on any atom is -0.481 e. The van der Waals surface area contributed by atoms with Crippen LogP contribution in [0.4, 0.5) is 0 Å². The second kappa shape index (κ2) is 11.4. The molecule has 0 aromatic heterocycles. The minimum absolute atomic E-state index is 0.319. The van der Waals surface area contributed by atoms with Gasteiger partial charge in [0.15, 0.2) is 12.2 Å². The maximum atomic E-state index is 12.6. The predicted molar refractivity (Wildman–Crippen MR) is 122 cm³/mol. The van der Waals surface area contributed by atoms with E-state index in [1.807, 2.05) is 63.2 Å². The number of amides is 2. The molecular formula is C25H34N2O4. The zero-order chi connectivity index (χ0) is 23.0. The molecule has 0 radical (unpaired) electrons. The Hall–Kier alpha value is -3.02. The van der Waals surface area contributed by atoms with Crippen LogP contribution in [0.5, 0.6) is 11.5 Å². The normalized spacial score (nSPS) is 13.6. The van der Waals surface area contributed by atoms with Gasteiger partial charge in [0.05, 0.1) is 0 Å². The summed E-state index contributed by atoms with van der Waals surface area (Å²) in [5.74, 6) is 0.764. The number of aryl methyl sites for hydroxylation is 2. The van der Waals surface area contributed by atoms with Gasteiger partial charge in [-0.15, -0.1) is 0 Å². The summed E-state index contributed by atoms with van der Waals surface area (Å²) in [5, 5.41) is 0. The average molecular weight is 427 g/mol. The van der Waals surface area contributed by atoms with Gasteiger partial charge in [-0.2, -0.15) is 0 Å². The first kappa shape index (κ1) is 24.3. The molecule has 168 valence electrons. The van der Waals surface area contributed by atoms with Crippen LogP contribution < -0.4 is 20.3 Å². The van der Waals surface area contributed by atoms with Crippen LogP contribution in [0.15, 0.2) is 42.5 Å². The number of benzene rings is 2. The molecule has 3 atom stereocenters. The van der Waals surface area contributed by atoms with Crippen LogP contribution in [-0.4, -0.2) is 24.0 Å². The number of carbonyl (C=O) groups is 2. The predicted octanol–water partition coefficient (Wildman–Crippen LogP) is 4.59. The zero-order valence-electron chi connectivity index (χ0n) is 19.3. The Labute approximate surface area is 185 Å². The van der Waals surface area contributed by atoms with E-state index in [-0.39, 0.29) is 0 Å². The standard InChI is InChI=1S/C25H34N2O4/c1-7-16(3)21-11-9-10-12-23(21)31-22(8-2)25(29)27-26-24(28)19(6)30-20-14-13-17(4)18(5)15-20/h9-16,19,22H,7-8H2,1-6H3,(H,26,28)(H,27,29). The van der Waals surface area contributed by atoms with Crippen LogP contribution in [-0.2, 0) is 9.59 Å². The lowest BCUT2D eigenvalue weighted by molar-refractivity contribution is -0.135. The van der Waals surface area contributed by atoms with Crippen molar-refractivity contribution < 1.29 is 19.1 Å². The molecule has 0 heterocycles. The first-order chi connectivity index (χ1) is 14.8. The van der Waals surface area contributed by atoms with Gasteiger partial charge in [-0.3, -0.25) is 20.4 Å². The second-order valence-corrected chi connectivity index (χ2v) is 7.85. The van der Waals surface area contributed by atoms with Crippen molar-refractivity contribution in [3.8, 4) is 11.5 Å². The Morgan fingerprint density at radius 2 is 1.55 bits per heavy atom. The highest BCUT2D eigenvalue weighted by molar-refractivity contribution is 5.86. The van der Waals surface area contributed by atoms with Crippen molar-refractivity contribution in [2.24, 2.45) is 0 Å². The highest BCUT2D eigenvalue weighted by Crippen LogP contribution is 2.29. The Bertz CT molecular complexity index is 897. The quantitative estimate of drug-likeness (QED) is 0.575. The lowest BCUT2D eigenvalue weighted by Crippen LogP contribution is -2.51. The molecule has 0 saturated carbocycles. The Morgan fingerprint density at radius 3 is 2.19 bits per heavy atom. The summed E-state index contributed by atoms with van der Waals surface area (Å²) in [6.07, 6.45) is -0.0562. The van der Waals surface area contributed by atoms with Gasteiger partial charge >= 0.3 is 0 Å². The first-order valence-corrected chi connectivity index (χ1v) is 10.9. The van der Waals surface area contributed by atoms with Crippen LogP contribution in [0.3, 0.4) is 0 Å². The Morgan fingerprint density at radius 1 is 0.871 bits per heavy atom. The van der Waals surface area contributed by atoms with E-state index >= 15 is 0 Å². The third kappa shape index (κ3) is 6.74. The van der Waals surface area contributed by atoms with Crippen molar-refractivity contribution in [3.05, 3.63) is 59.2 Å². The molecule has 0 saturated heterocycles. The fourth-order valence-electron chi connectivity index (χ4n) is 3.04. The molecule has 2 N–H and O–H groups in total. The maximum absolute atomic E-state index is 12.6. The average Bonchev–Trinajstić information content (AvgIpc) is 2.77. The summed E-state index contributed by atoms with van der Waals surface area (Å²) in [7, 11) is 0. The SMILES string of the molecule is CCC(Oc1ccccc1C(C)CC)C(=O)NNC(=O)C(C)Oc1ccc(C)c(C)c1. The summed E-state index contributed by atoms with van der Waals surface area (Å²) in [4.78, 5) is 25.0. The van der Waals surface area contributed by atoms with E-state index in [0.717, 1.165) is 23.1 Å². The summed E-state index contributed by atoms with van der Waals surface area (Å²) in [6.45, 7) is 11.7. The van der Waals surface area contributed by atoms with Gasteiger partial charge in [0.25, 0.3) is 11.8 Å². The second-order valence-electron chi connectivity index (χ2n) is 7.85. The van der Waals surface area contributed by atoms with Crippen molar-refractivity contribution in [3.63, 3.8) is 0 Å². The lowest BCUT2D eigenvalue weighted by atomic mass is 9.98. The molecule has 31 heavy (non-hydrogen) atoms. The fraction of sp³-hybridized carbons (Fsp3) is 0.440. The van der Waals surface area contributed by atoms with Gasteiger partial charge < -0.3 is 9.47 Å². The summed E-state index contributed by atoms with van der Waals surface area (Å²) < 4.78 is 11.7. The molecule has 6 heteroatoms. The molecule has 0 aliphatic heterocycles. The van der Waals surface area contributed by atoms with Gasteiger partial charge in [0, 0.05) is 0 Å². The molecule has 2 aromatic rings. The number of carbonyl (C=O) groups excluding carboxylic acids is 2. The minimum atomic E-state index is -0.769. The van der Waals surface area contributed by atoms with E-state index in [0.29, 0.717) is 23.8 Å². The Balaban J connectivity index is 1.94.